The molecule has 0 unspecified atom stereocenters. The largest absolute Gasteiger partial charge is 0.480 e. The molecule has 5 nitrogen and oxygen atoms in total. The van der Waals surface area contributed by atoms with Gasteiger partial charge in [-0.05, 0) is 12.1 Å². The molecular formula is C12H11F2NO4. The van der Waals surface area contributed by atoms with Crippen molar-refractivity contribution in [2.75, 3.05) is 6.54 Å². The molecule has 0 radical (unpaired) electrons. The van der Waals surface area contributed by atoms with Crippen LogP contribution >= 0.6 is 0 Å². The van der Waals surface area contributed by atoms with Gasteiger partial charge in [0, 0.05) is 13.0 Å². The fourth-order valence-electron chi connectivity index (χ4n) is 2.10. The highest BCUT2D eigenvalue weighted by atomic mass is 19.2. The Morgan fingerprint density at radius 1 is 1.32 bits per heavy atom. The van der Waals surface area contributed by atoms with Crippen molar-refractivity contribution in [3.05, 3.63) is 35.4 Å². The average molecular weight is 271 g/mol. The van der Waals surface area contributed by atoms with E-state index in [4.69, 9.17) is 5.11 Å². The second-order valence-corrected chi connectivity index (χ2v) is 4.30. The monoisotopic (exact) mass is 271 g/mol. The fourth-order valence-corrected chi connectivity index (χ4v) is 2.10. The van der Waals surface area contributed by atoms with Crippen LogP contribution in [0.3, 0.4) is 0 Å². The van der Waals surface area contributed by atoms with Gasteiger partial charge < -0.3 is 15.1 Å². The van der Waals surface area contributed by atoms with Crippen molar-refractivity contribution in [2.24, 2.45) is 0 Å². The van der Waals surface area contributed by atoms with Gasteiger partial charge >= 0.3 is 5.97 Å². The maximum atomic E-state index is 13.5. The minimum Gasteiger partial charge on any atom is -0.480 e. The Hall–Kier alpha value is -2.02. The zero-order valence-corrected chi connectivity index (χ0v) is 9.72. The van der Waals surface area contributed by atoms with Crippen LogP contribution in [0, 0.1) is 11.6 Å². The van der Waals surface area contributed by atoms with Gasteiger partial charge in [0.15, 0.2) is 11.6 Å². The van der Waals surface area contributed by atoms with Gasteiger partial charge in [0.2, 0.25) is 0 Å². The van der Waals surface area contributed by atoms with E-state index in [0.29, 0.717) is 0 Å². The highest BCUT2D eigenvalue weighted by molar-refractivity contribution is 5.97. The van der Waals surface area contributed by atoms with E-state index < -0.39 is 41.2 Å². The average Bonchev–Trinajstić information content (AvgIpc) is 2.74. The molecule has 1 fully saturated rings. The first-order chi connectivity index (χ1) is 8.91. The number of carbonyl (C=O) groups excluding carboxylic acids is 1. The summed E-state index contributed by atoms with van der Waals surface area (Å²) in [7, 11) is 0. The minimum absolute atomic E-state index is 0.127. The van der Waals surface area contributed by atoms with E-state index in [9.17, 15) is 23.5 Å². The van der Waals surface area contributed by atoms with Gasteiger partial charge in [0.25, 0.3) is 5.91 Å². The summed E-state index contributed by atoms with van der Waals surface area (Å²) in [5, 5.41) is 18.4. The number of carboxylic acids is 1. The molecule has 102 valence electrons. The van der Waals surface area contributed by atoms with E-state index in [1.54, 1.807) is 0 Å². The molecule has 0 bridgehead atoms. The Morgan fingerprint density at radius 2 is 2.00 bits per heavy atom. The van der Waals surface area contributed by atoms with Gasteiger partial charge in [-0.3, -0.25) is 4.79 Å². The standard InChI is InChI=1S/C12H11F2NO4/c13-8-3-1-2-7(10(8)14)11(17)15-5-6(16)4-9(15)12(18)19/h1-3,6,9,16H,4-5H2,(H,18,19)/t6-,9-/m0/s1. The van der Waals surface area contributed by atoms with Gasteiger partial charge in [0.1, 0.15) is 6.04 Å². The molecule has 7 heteroatoms. The lowest BCUT2D eigenvalue weighted by molar-refractivity contribution is -0.141. The molecule has 1 saturated heterocycles. The molecule has 0 aliphatic carbocycles. The molecule has 1 aliphatic rings. The zero-order chi connectivity index (χ0) is 14.2. The Labute approximate surface area is 107 Å². The van der Waals surface area contributed by atoms with Gasteiger partial charge in [-0.25, -0.2) is 13.6 Å². The summed E-state index contributed by atoms with van der Waals surface area (Å²) in [4.78, 5) is 23.8. The number of rotatable bonds is 2. The van der Waals surface area contributed by atoms with Crippen molar-refractivity contribution >= 4 is 11.9 Å². The predicted molar refractivity (Wildman–Crippen MR) is 59.4 cm³/mol. The number of hydrogen-bond donors (Lipinski definition) is 2. The molecule has 0 aromatic heterocycles. The molecule has 1 heterocycles. The van der Waals surface area contributed by atoms with Crippen molar-refractivity contribution < 1.29 is 28.6 Å². The third kappa shape index (κ3) is 2.41. The molecule has 1 aliphatic heterocycles. The maximum Gasteiger partial charge on any atom is 0.326 e. The Balaban J connectivity index is 2.33. The van der Waals surface area contributed by atoms with E-state index in [2.05, 4.69) is 0 Å². The molecule has 19 heavy (non-hydrogen) atoms. The van der Waals surface area contributed by atoms with E-state index in [-0.39, 0.29) is 13.0 Å². The molecule has 1 aromatic carbocycles. The molecule has 0 saturated carbocycles. The molecule has 1 aromatic rings. The third-order valence-electron chi connectivity index (χ3n) is 3.01. The summed E-state index contributed by atoms with van der Waals surface area (Å²) in [5.74, 6) is -4.74. The number of amides is 1. The lowest BCUT2D eigenvalue weighted by Gasteiger charge is -2.21. The van der Waals surface area contributed by atoms with Gasteiger partial charge in [-0.1, -0.05) is 6.07 Å². The SMILES string of the molecule is O=C(O)[C@@H]1C[C@H](O)CN1C(=O)c1cccc(F)c1F. The summed E-state index contributed by atoms with van der Waals surface area (Å²) in [6, 6.07) is 1.86. The molecule has 2 N–H and O–H groups in total. The number of aliphatic carboxylic acids is 1. The number of halogens is 2. The van der Waals surface area contributed by atoms with Crippen LogP contribution in [0.1, 0.15) is 16.8 Å². The van der Waals surface area contributed by atoms with Gasteiger partial charge in [-0.2, -0.15) is 0 Å². The lowest BCUT2D eigenvalue weighted by Crippen LogP contribution is -2.41. The van der Waals surface area contributed by atoms with E-state index in [1.807, 2.05) is 0 Å². The number of nitrogens with zero attached hydrogens (tertiary/aromatic N) is 1. The van der Waals surface area contributed by atoms with Crippen LogP contribution in [0.5, 0.6) is 0 Å². The van der Waals surface area contributed by atoms with Crippen LogP contribution < -0.4 is 0 Å². The summed E-state index contributed by atoms with van der Waals surface area (Å²) in [6.07, 6.45) is -1.11. The fraction of sp³-hybridized carbons (Fsp3) is 0.333. The van der Waals surface area contributed by atoms with Gasteiger partial charge in [0.05, 0.1) is 11.7 Å². The summed E-state index contributed by atoms with van der Waals surface area (Å²) >= 11 is 0. The Bertz CT molecular complexity index is 534. The number of benzene rings is 1. The van der Waals surface area contributed by atoms with E-state index >= 15 is 0 Å². The molecular weight excluding hydrogens is 260 g/mol. The number of aliphatic hydroxyl groups excluding tert-OH is 1. The van der Waals surface area contributed by atoms with Crippen LogP contribution in [0.4, 0.5) is 8.78 Å². The summed E-state index contributed by atoms with van der Waals surface area (Å²) < 4.78 is 26.5. The second-order valence-electron chi connectivity index (χ2n) is 4.30. The highest BCUT2D eigenvalue weighted by Crippen LogP contribution is 2.22. The first-order valence-corrected chi connectivity index (χ1v) is 5.57. The van der Waals surface area contributed by atoms with Gasteiger partial charge in [-0.15, -0.1) is 0 Å². The van der Waals surface area contributed by atoms with E-state index in [0.717, 1.165) is 23.1 Å². The van der Waals surface area contributed by atoms with Crippen molar-refractivity contribution in [3.63, 3.8) is 0 Å². The zero-order valence-electron chi connectivity index (χ0n) is 9.72. The lowest BCUT2D eigenvalue weighted by atomic mass is 10.1. The molecule has 1 amide bonds. The smallest absolute Gasteiger partial charge is 0.326 e. The second kappa shape index (κ2) is 4.93. The van der Waals surface area contributed by atoms with Crippen molar-refractivity contribution in [3.8, 4) is 0 Å². The number of β-amino-alcohol motifs (C(OH)–C–C–N with tert-alkyl or cyclic N) is 1. The normalized spacial score (nSPS) is 22.6. The number of carbonyl (C=O) groups is 2. The number of aliphatic hydroxyl groups is 1. The predicted octanol–water partition coefficient (Wildman–Crippen LogP) is 0.625. The highest BCUT2D eigenvalue weighted by Gasteiger charge is 2.40. The minimum atomic E-state index is -1.32. The van der Waals surface area contributed by atoms with Crippen molar-refractivity contribution in [2.45, 2.75) is 18.6 Å². The Morgan fingerprint density at radius 3 is 2.63 bits per heavy atom. The van der Waals surface area contributed by atoms with Crippen LogP contribution in [0.2, 0.25) is 0 Å². The van der Waals surface area contributed by atoms with Crippen molar-refractivity contribution in [1.82, 2.24) is 4.90 Å². The first-order valence-electron chi connectivity index (χ1n) is 5.57. The topological polar surface area (TPSA) is 77.8 Å². The Kier molecular flexibility index (Phi) is 3.48. The third-order valence-corrected chi connectivity index (χ3v) is 3.01. The molecule has 2 atom stereocenters. The van der Waals surface area contributed by atoms with E-state index in [1.165, 1.54) is 0 Å². The number of hydrogen-bond acceptors (Lipinski definition) is 3. The van der Waals surface area contributed by atoms with Crippen molar-refractivity contribution in [1.29, 1.82) is 0 Å². The maximum absolute atomic E-state index is 13.5. The van der Waals surface area contributed by atoms with Crippen LogP contribution in [0.15, 0.2) is 18.2 Å². The quantitative estimate of drug-likeness (QED) is 0.826. The summed E-state index contributed by atoms with van der Waals surface area (Å²) in [6.45, 7) is -0.217. The van der Waals surface area contributed by atoms with Crippen LogP contribution in [-0.4, -0.2) is 45.7 Å². The molecule has 2 rings (SSSR count). The number of carboxylic acid groups (broad SMARTS) is 1. The van der Waals surface area contributed by atoms with Crippen LogP contribution in [0.25, 0.3) is 0 Å². The number of likely N-dealkylation sites (tertiary alicyclic amines) is 1. The van der Waals surface area contributed by atoms with Crippen LogP contribution in [-0.2, 0) is 4.79 Å². The summed E-state index contributed by atoms with van der Waals surface area (Å²) in [5.41, 5.74) is -0.541. The first kappa shape index (κ1) is 13.4. The molecule has 0 spiro atoms.